The molecule has 2 rings (SSSR count). The molecule has 3 amide bonds. The molecule has 3 N–H and O–H groups in total. The molecule has 1 aromatic carbocycles. The van der Waals surface area contributed by atoms with Gasteiger partial charge in [0.1, 0.15) is 5.54 Å². The van der Waals surface area contributed by atoms with Crippen LogP contribution in [0, 0.1) is 0 Å². The maximum Gasteiger partial charge on any atom is 0.325 e. The van der Waals surface area contributed by atoms with Crippen LogP contribution in [-0.2, 0) is 15.7 Å². The molecular weight excluding hydrogens is 278 g/mol. The Balaban J connectivity index is 2.40. The van der Waals surface area contributed by atoms with Crippen LogP contribution in [0.1, 0.15) is 45.2 Å². The van der Waals surface area contributed by atoms with E-state index < -0.39 is 5.54 Å². The first-order chi connectivity index (χ1) is 10.3. The van der Waals surface area contributed by atoms with E-state index >= 15 is 0 Å². The predicted molar refractivity (Wildman–Crippen MR) is 86.4 cm³/mol. The van der Waals surface area contributed by atoms with Gasteiger partial charge in [0, 0.05) is 13.1 Å². The Hall–Kier alpha value is -1.88. The van der Waals surface area contributed by atoms with Gasteiger partial charge in [-0.3, -0.25) is 9.69 Å². The Morgan fingerprint density at radius 3 is 2.23 bits per heavy atom. The Morgan fingerprint density at radius 1 is 1.18 bits per heavy atom. The van der Waals surface area contributed by atoms with Crippen LogP contribution in [-0.4, -0.2) is 29.9 Å². The van der Waals surface area contributed by atoms with Crippen molar-refractivity contribution in [3.63, 3.8) is 0 Å². The lowest BCUT2D eigenvalue weighted by Crippen LogP contribution is -2.43. The summed E-state index contributed by atoms with van der Waals surface area (Å²) >= 11 is 0. The molecule has 0 radical (unpaired) electrons. The van der Waals surface area contributed by atoms with E-state index in [0.717, 1.165) is 5.56 Å². The number of imide groups is 1. The van der Waals surface area contributed by atoms with Crippen molar-refractivity contribution in [3.05, 3.63) is 35.4 Å². The number of amides is 3. The Morgan fingerprint density at radius 2 is 1.77 bits per heavy atom. The summed E-state index contributed by atoms with van der Waals surface area (Å²) in [4.78, 5) is 26.0. The van der Waals surface area contributed by atoms with Gasteiger partial charge in [-0.1, -0.05) is 52.0 Å². The number of nitrogens with zero attached hydrogens (tertiary/aromatic N) is 1. The molecule has 22 heavy (non-hydrogen) atoms. The molecular formula is C17H25N3O2. The molecule has 5 nitrogen and oxygen atoms in total. The van der Waals surface area contributed by atoms with Gasteiger partial charge in [-0.15, -0.1) is 0 Å². The van der Waals surface area contributed by atoms with E-state index in [1.165, 1.54) is 10.5 Å². The fourth-order valence-electron chi connectivity index (χ4n) is 2.85. The second-order valence-electron chi connectivity index (χ2n) is 6.76. The van der Waals surface area contributed by atoms with Crippen LogP contribution in [0.5, 0.6) is 0 Å². The number of rotatable bonds is 4. The molecule has 5 heteroatoms. The molecule has 1 unspecified atom stereocenters. The zero-order chi connectivity index (χ0) is 16.5. The van der Waals surface area contributed by atoms with Gasteiger partial charge < -0.3 is 11.1 Å². The lowest BCUT2D eigenvalue weighted by atomic mass is 9.82. The molecule has 0 spiro atoms. The molecule has 0 bridgehead atoms. The fourth-order valence-corrected chi connectivity index (χ4v) is 2.85. The number of nitrogens with one attached hydrogen (secondary N) is 1. The van der Waals surface area contributed by atoms with Gasteiger partial charge in [0.2, 0.25) is 0 Å². The number of carbonyl (C=O) groups excluding carboxylic acids is 2. The van der Waals surface area contributed by atoms with Crippen molar-refractivity contribution in [2.45, 2.75) is 45.1 Å². The van der Waals surface area contributed by atoms with E-state index in [1.54, 1.807) is 0 Å². The Labute approximate surface area is 131 Å². The second-order valence-corrected chi connectivity index (χ2v) is 6.76. The zero-order valence-corrected chi connectivity index (χ0v) is 13.8. The molecule has 1 heterocycles. The van der Waals surface area contributed by atoms with Crippen molar-refractivity contribution in [1.29, 1.82) is 0 Å². The van der Waals surface area contributed by atoms with Crippen molar-refractivity contribution in [1.82, 2.24) is 10.2 Å². The molecule has 1 atom stereocenters. The summed E-state index contributed by atoms with van der Waals surface area (Å²) in [6.07, 6.45) is 0.507. The number of nitrogens with two attached hydrogens (primary N) is 1. The Kier molecular flexibility index (Phi) is 4.29. The maximum atomic E-state index is 12.7. The number of hydrogen-bond acceptors (Lipinski definition) is 3. The molecule has 1 aliphatic heterocycles. The highest BCUT2D eigenvalue weighted by atomic mass is 16.2. The van der Waals surface area contributed by atoms with Crippen LogP contribution in [0.25, 0.3) is 0 Å². The van der Waals surface area contributed by atoms with Gasteiger partial charge >= 0.3 is 6.03 Å². The van der Waals surface area contributed by atoms with Crippen molar-refractivity contribution < 1.29 is 9.59 Å². The third-order valence-electron chi connectivity index (χ3n) is 4.30. The minimum Gasteiger partial charge on any atom is -0.329 e. The van der Waals surface area contributed by atoms with Crippen LogP contribution >= 0.6 is 0 Å². The molecule has 0 saturated carbocycles. The summed E-state index contributed by atoms with van der Waals surface area (Å²) in [6.45, 7) is 8.84. The number of hydrogen-bond donors (Lipinski definition) is 2. The standard InChI is InChI=1S/C17H25N3O2/c1-5-17(14(21)20(11-10-18)15(22)19-17)13-8-6-12(7-9-13)16(2,3)4/h6-9H,5,10-11,18H2,1-4H3,(H,19,22). The lowest BCUT2D eigenvalue weighted by molar-refractivity contribution is -0.131. The van der Waals surface area contributed by atoms with Crippen molar-refractivity contribution in [2.75, 3.05) is 13.1 Å². The molecule has 120 valence electrons. The molecule has 1 aliphatic rings. The molecule has 0 aliphatic carbocycles. The summed E-state index contributed by atoms with van der Waals surface area (Å²) in [5, 5.41) is 2.86. The van der Waals surface area contributed by atoms with Crippen LogP contribution in [0.2, 0.25) is 0 Å². The highest BCUT2D eigenvalue weighted by Gasteiger charge is 2.50. The summed E-state index contributed by atoms with van der Waals surface area (Å²) in [6, 6.07) is 7.56. The minimum atomic E-state index is -0.970. The predicted octanol–water partition coefficient (Wildman–Crippen LogP) is 2.10. The summed E-state index contributed by atoms with van der Waals surface area (Å²) in [5.74, 6) is -0.214. The number of carbonyl (C=O) groups is 2. The molecule has 0 aromatic heterocycles. The average Bonchev–Trinajstić information content (AvgIpc) is 2.72. The smallest absolute Gasteiger partial charge is 0.325 e. The van der Waals surface area contributed by atoms with E-state index in [-0.39, 0.29) is 30.4 Å². The second kappa shape index (κ2) is 5.72. The largest absolute Gasteiger partial charge is 0.329 e. The highest BCUT2D eigenvalue weighted by molar-refractivity contribution is 6.07. The minimum absolute atomic E-state index is 0.0480. The summed E-state index contributed by atoms with van der Waals surface area (Å²) in [7, 11) is 0. The third-order valence-corrected chi connectivity index (χ3v) is 4.30. The Bertz CT molecular complexity index is 575. The maximum absolute atomic E-state index is 12.7. The fraction of sp³-hybridized carbons (Fsp3) is 0.529. The molecule has 1 aromatic rings. The lowest BCUT2D eigenvalue weighted by Gasteiger charge is -2.27. The first kappa shape index (κ1) is 16.5. The van der Waals surface area contributed by atoms with Gasteiger partial charge in [-0.2, -0.15) is 0 Å². The third kappa shape index (κ3) is 2.61. The zero-order valence-electron chi connectivity index (χ0n) is 13.8. The monoisotopic (exact) mass is 303 g/mol. The first-order valence-electron chi connectivity index (χ1n) is 7.71. The highest BCUT2D eigenvalue weighted by Crippen LogP contribution is 2.33. The van der Waals surface area contributed by atoms with E-state index in [0.29, 0.717) is 6.42 Å². The van der Waals surface area contributed by atoms with E-state index in [2.05, 4.69) is 26.1 Å². The van der Waals surface area contributed by atoms with Gasteiger partial charge in [-0.05, 0) is 23.0 Å². The quantitative estimate of drug-likeness (QED) is 0.836. The van der Waals surface area contributed by atoms with Gasteiger partial charge in [-0.25, -0.2) is 4.79 Å². The summed E-state index contributed by atoms with van der Waals surface area (Å²) in [5.41, 5.74) is 6.59. The van der Waals surface area contributed by atoms with Gasteiger partial charge in [0.15, 0.2) is 0 Å². The number of benzene rings is 1. The van der Waals surface area contributed by atoms with Crippen LogP contribution in [0.15, 0.2) is 24.3 Å². The van der Waals surface area contributed by atoms with Crippen molar-refractivity contribution >= 4 is 11.9 Å². The van der Waals surface area contributed by atoms with E-state index in [9.17, 15) is 9.59 Å². The van der Waals surface area contributed by atoms with Crippen molar-refractivity contribution in [3.8, 4) is 0 Å². The van der Waals surface area contributed by atoms with Crippen LogP contribution in [0.4, 0.5) is 4.79 Å². The van der Waals surface area contributed by atoms with Crippen LogP contribution in [0.3, 0.4) is 0 Å². The summed E-state index contributed by atoms with van der Waals surface area (Å²) < 4.78 is 0. The van der Waals surface area contributed by atoms with Gasteiger partial charge in [0.05, 0.1) is 0 Å². The first-order valence-corrected chi connectivity index (χ1v) is 7.71. The molecule has 1 saturated heterocycles. The topological polar surface area (TPSA) is 75.4 Å². The molecule has 1 fully saturated rings. The SMILES string of the molecule is CCC1(c2ccc(C(C)(C)C)cc2)NC(=O)N(CCN)C1=O. The number of urea groups is 1. The normalized spacial score (nSPS) is 22.1. The van der Waals surface area contributed by atoms with E-state index in [1.807, 2.05) is 31.2 Å². The van der Waals surface area contributed by atoms with Crippen molar-refractivity contribution in [2.24, 2.45) is 5.73 Å². The van der Waals surface area contributed by atoms with Gasteiger partial charge in [0.25, 0.3) is 5.91 Å². The van der Waals surface area contributed by atoms with E-state index in [4.69, 9.17) is 5.73 Å². The average molecular weight is 303 g/mol. The van der Waals surface area contributed by atoms with Crippen LogP contribution < -0.4 is 11.1 Å².